The molecule has 0 amide bonds. The highest BCUT2D eigenvalue weighted by atomic mass is 15.1. The van der Waals surface area contributed by atoms with E-state index in [4.69, 9.17) is 0 Å². The Hall–Kier alpha value is -0.0800. The van der Waals surface area contributed by atoms with E-state index < -0.39 is 0 Å². The minimum absolute atomic E-state index is 0.963. The van der Waals surface area contributed by atoms with Crippen LogP contribution in [0.3, 0.4) is 0 Å². The summed E-state index contributed by atoms with van der Waals surface area (Å²) in [6, 6.07) is 0. The first-order valence-electron chi connectivity index (χ1n) is 5.74. The molecule has 0 atom stereocenters. The molecule has 1 saturated carbocycles. The van der Waals surface area contributed by atoms with E-state index in [-0.39, 0.29) is 0 Å². The molecule has 0 aromatic heterocycles. The molecule has 0 aromatic carbocycles. The van der Waals surface area contributed by atoms with Crippen LogP contribution < -0.4 is 5.32 Å². The quantitative estimate of drug-likeness (QED) is 0.705. The van der Waals surface area contributed by atoms with E-state index in [1.165, 1.54) is 51.9 Å². The van der Waals surface area contributed by atoms with Crippen LogP contribution in [0.15, 0.2) is 0 Å². The summed E-state index contributed by atoms with van der Waals surface area (Å²) in [5, 5.41) is 3.42. The van der Waals surface area contributed by atoms with Crippen LogP contribution in [0, 0.1) is 11.8 Å². The Bertz CT molecular complexity index is 148. The van der Waals surface area contributed by atoms with Gasteiger partial charge in [-0.25, -0.2) is 0 Å². The third-order valence-electron chi connectivity index (χ3n) is 3.30. The summed E-state index contributed by atoms with van der Waals surface area (Å²) in [5.74, 6) is 2.01. The van der Waals surface area contributed by atoms with Gasteiger partial charge in [0, 0.05) is 13.1 Å². The second kappa shape index (κ2) is 4.43. The summed E-state index contributed by atoms with van der Waals surface area (Å²) in [6.45, 7) is 5.16. The number of nitrogens with one attached hydrogen (secondary N) is 1. The predicted molar refractivity (Wildman–Crippen MR) is 55.8 cm³/mol. The summed E-state index contributed by atoms with van der Waals surface area (Å²) < 4.78 is 0. The lowest BCUT2D eigenvalue weighted by Crippen LogP contribution is -2.35. The summed E-state index contributed by atoms with van der Waals surface area (Å²) in [4.78, 5) is 2.55. The van der Waals surface area contributed by atoms with Crippen LogP contribution in [0.4, 0.5) is 0 Å². The first kappa shape index (κ1) is 9.47. The van der Waals surface area contributed by atoms with E-state index in [1.807, 2.05) is 0 Å². The first-order chi connectivity index (χ1) is 6.34. The van der Waals surface area contributed by atoms with Gasteiger partial charge in [-0.15, -0.1) is 0 Å². The van der Waals surface area contributed by atoms with Crippen LogP contribution in [-0.4, -0.2) is 38.1 Å². The van der Waals surface area contributed by atoms with Gasteiger partial charge in [0.05, 0.1) is 0 Å². The fraction of sp³-hybridized carbons (Fsp3) is 1.00. The van der Waals surface area contributed by atoms with E-state index in [0.717, 1.165) is 11.8 Å². The van der Waals surface area contributed by atoms with Crippen molar-refractivity contribution in [3.63, 3.8) is 0 Å². The molecular formula is C11H22N2. The number of hydrogen-bond acceptors (Lipinski definition) is 2. The number of hydrogen-bond donors (Lipinski definition) is 1. The van der Waals surface area contributed by atoms with Crippen molar-refractivity contribution in [2.45, 2.75) is 25.7 Å². The smallest absolute Gasteiger partial charge is 0.000767 e. The first-order valence-corrected chi connectivity index (χ1v) is 5.74. The van der Waals surface area contributed by atoms with Gasteiger partial charge in [-0.3, -0.25) is 0 Å². The fourth-order valence-corrected chi connectivity index (χ4v) is 2.32. The average Bonchev–Trinajstić information content (AvgIpc) is 2.90. The number of rotatable bonds is 4. The minimum atomic E-state index is 0.963. The Morgan fingerprint density at radius 2 is 1.54 bits per heavy atom. The summed E-state index contributed by atoms with van der Waals surface area (Å²) in [7, 11) is 2.29. The molecular weight excluding hydrogens is 160 g/mol. The van der Waals surface area contributed by atoms with E-state index in [2.05, 4.69) is 17.3 Å². The maximum Gasteiger partial charge on any atom is 0.000767 e. The Balaban J connectivity index is 1.62. The van der Waals surface area contributed by atoms with E-state index in [0.29, 0.717) is 0 Å². The maximum absolute atomic E-state index is 3.42. The molecule has 2 aliphatic rings. The molecule has 2 heteroatoms. The second-order valence-corrected chi connectivity index (χ2v) is 4.86. The lowest BCUT2D eigenvalue weighted by molar-refractivity contribution is 0.234. The van der Waals surface area contributed by atoms with Gasteiger partial charge in [-0.05, 0) is 57.7 Å². The van der Waals surface area contributed by atoms with Crippen molar-refractivity contribution in [2.75, 3.05) is 33.2 Å². The van der Waals surface area contributed by atoms with Gasteiger partial charge in [-0.1, -0.05) is 0 Å². The SMILES string of the molecule is CN(CC1CCNCC1)CC1CC1. The van der Waals surface area contributed by atoms with Crippen molar-refractivity contribution >= 4 is 0 Å². The van der Waals surface area contributed by atoms with Crippen LogP contribution in [-0.2, 0) is 0 Å². The topological polar surface area (TPSA) is 15.3 Å². The molecule has 2 fully saturated rings. The average molecular weight is 182 g/mol. The zero-order valence-corrected chi connectivity index (χ0v) is 8.76. The van der Waals surface area contributed by atoms with Crippen LogP contribution in [0.25, 0.3) is 0 Å². The number of piperidine rings is 1. The van der Waals surface area contributed by atoms with Gasteiger partial charge in [0.15, 0.2) is 0 Å². The summed E-state index contributed by atoms with van der Waals surface area (Å²) in [6.07, 6.45) is 5.73. The summed E-state index contributed by atoms with van der Waals surface area (Å²) >= 11 is 0. The Morgan fingerprint density at radius 3 is 2.08 bits per heavy atom. The molecule has 1 aliphatic heterocycles. The molecule has 0 unspecified atom stereocenters. The molecule has 76 valence electrons. The zero-order chi connectivity index (χ0) is 9.10. The van der Waals surface area contributed by atoms with Crippen LogP contribution >= 0.6 is 0 Å². The van der Waals surface area contributed by atoms with Crippen LogP contribution in [0.5, 0.6) is 0 Å². The van der Waals surface area contributed by atoms with Gasteiger partial charge in [0.2, 0.25) is 0 Å². The predicted octanol–water partition coefficient (Wildman–Crippen LogP) is 1.33. The maximum atomic E-state index is 3.42. The molecule has 0 radical (unpaired) electrons. The van der Waals surface area contributed by atoms with Gasteiger partial charge in [0.1, 0.15) is 0 Å². The lowest BCUT2D eigenvalue weighted by Gasteiger charge is -2.27. The highest BCUT2D eigenvalue weighted by Gasteiger charge is 2.24. The van der Waals surface area contributed by atoms with E-state index >= 15 is 0 Å². The zero-order valence-electron chi connectivity index (χ0n) is 8.76. The molecule has 1 aliphatic carbocycles. The van der Waals surface area contributed by atoms with Gasteiger partial charge < -0.3 is 10.2 Å². The van der Waals surface area contributed by atoms with Crippen molar-refractivity contribution in [3.05, 3.63) is 0 Å². The highest BCUT2D eigenvalue weighted by Crippen LogP contribution is 2.29. The largest absolute Gasteiger partial charge is 0.317 e. The Kier molecular flexibility index (Phi) is 3.23. The lowest BCUT2D eigenvalue weighted by atomic mass is 9.98. The normalized spacial score (nSPS) is 25.4. The molecule has 0 bridgehead atoms. The molecule has 1 saturated heterocycles. The van der Waals surface area contributed by atoms with E-state index in [1.54, 1.807) is 0 Å². The summed E-state index contributed by atoms with van der Waals surface area (Å²) in [5.41, 5.74) is 0. The number of nitrogens with zero attached hydrogens (tertiary/aromatic N) is 1. The van der Waals surface area contributed by atoms with Crippen molar-refractivity contribution in [1.29, 1.82) is 0 Å². The fourth-order valence-electron chi connectivity index (χ4n) is 2.32. The standard InChI is InChI=1S/C11H22N2/c1-13(8-10-2-3-10)9-11-4-6-12-7-5-11/h10-12H,2-9H2,1H3. The third-order valence-corrected chi connectivity index (χ3v) is 3.30. The molecule has 1 N–H and O–H groups in total. The Labute approximate surface area is 81.7 Å². The van der Waals surface area contributed by atoms with Crippen LogP contribution in [0.1, 0.15) is 25.7 Å². The Morgan fingerprint density at radius 1 is 1.00 bits per heavy atom. The molecule has 0 aromatic rings. The minimum Gasteiger partial charge on any atom is -0.317 e. The van der Waals surface area contributed by atoms with Crippen molar-refractivity contribution in [1.82, 2.24) is 10.2 Å². The van der Waals surface area contributed by atoms with Gasteiger partial charge in [-0.2, -0.15) is 0 Å². The van der Waals surface area contributed by atoms with Crippen molar-refractivity contribution < 1.29 is 0 Å². The van der Waals surface area contributed by atoms with Crippen molar-refractivity contribution in [2.24, 2.45) is 11.8 Å². The monoisotopic (exact) mass is 182 g/mol. The molecule has 0 spiro atoms. The second-order valence-electron chi connectivity index (χ2n) is 4.86. The van der Waals surface area contributed by atoms with Gasteiger partial charge in [0.25, 0.3) is 0 Å². The molecule has 13 heavy (non-hydrogen) atoms. The molecule has 2 nitrogen and oxygen atoms in total. The van der Waals surface area contributed by atoms with E-state index in [9.17, 15) is 0 Å². The third kappa shape index (κ3) is 3.28. The molecule has 1 heterocycles. The highest BCUT2D eigenvalue weighted by molar-refractivity contribution is 4.78. The van der Waals surface area contributed by atoms with Gasteiger partial charge >= 0.3 is 0 Å². The van der Waals surface area contributed by atoms with Crippen LogP contribution in [0.2, 0.25) is 0 Å². The van der Waals surface area contributed by atoms with Crippen molar-refractivity contribution in [3.8, 4) is 0 Å². The molecule has 2 rings (SSSR count).